The van der Waals surface area contributed by atoms with Gasteiger partial charge >= 0.3 is 0 Å². The molecule has 2 aromatic rings. The van der Waals surface area contributed by atoms with E-state index in [2.05, 4.69) is 10.6 Å². The summed E-state index contributed by atoms with van der Waals surface area (Å²) < 4.78 is 5.41. The number of benzene rings is 2. The van der Waals surface area contributed by atoms with Gasteiger partial charge < -0.3 is 21.1 Å². The molecule has 2 aromatic carbocycles. The van der Waals surface area contributed by atoms with E-state index in [4.69, 9.17) is 15.9 Å². The standard InChI is InChI=1S/C17H18N4O3/c1-11(22)20-14-6-3-7-15(9-14)24-10-16(23)21-13-5-2-4-12(8-13)17(18)19/h2-9H,10H2,1H3,(H3,18,19)(H,20,22)(H,21,23). The first-order chi connectivity index (χ1) is 11.4. The van der Waals surface area contributed by atoms with Gasteiger partial charge in [-0.25, -0.2) is 0 Å². The van der Waals surface area contributed by atoms with E-state index in [1.54, 1.807) is 48.5 Å². The highest BCUT2D eigenvalue weighted by molar-refractivity contribution is 5.98. The van der Waals surface area contributed by atoms with Crippen LogP contribution in [0.2, 0.25) is 0 Å². The first-order valence-electron chi connectivity index (χ1n) is 7.19. The van der Waals surface area contributed by atoms with Crippen LogP contribution in [0.5, 0.6) is 5.75 Å². The minimum atomic E-state index is -0.347. The van der Waals surface area contributed by atoms with Crippen LogP contribution in [-0.4, -0.2) is 24.3 Å². The van der Waals surface area contributed by atoms with Gasteiger partial charge in [-0.15, -0.1) is 0 Å². The van der Waals surface area contributed by atoms with E-state index >= 15 is 0 Å². The average molecular weight is 326 g/mol. The summed E-state index contributed by atoms with van der Waals surface area (Å²) in [6, 6.07) is 13.4. The largest absolute Gasteiger partial charge is 0.484 e. The van der Waals surface area contributed by atoms with Crippen molar-refractivity contribution in [3.8, 4) is 5.75 Å². The number of nitrogens with two attached hydrogens (primary N) is 1. The summed E-state index contributed by atoms with van der Waals surface area (Å²) >= 11 is 0. The molecule has 0 radical (unpaired) electrons. The first-order valence-corrected chi connectivity index (χ1v) is 7.19. The molecule has 0 aliphatic heterocycles. The zero-order valence-electron chi connectivity index (χ0n) is 13.1. The molecule has 0 spiro atoms. The molecule has 0 aliphatic rings. The van der Waals surface area contributed by atoms with Crippen molar-refractivity contribution in [2.75, 3.05) is 17.2 Å². The summed E-state index contributed by atoms with van der Waals surface area (Å²) in [6.45, 7) is 1.23. The van der Waals surface area contributed by atoms with Crippen molar-refractivity contribution in [3.05, 3.63) is 54.1 Å². The number of hydrogen-bond acceptors (Lipinski definition) is 4. The Morgan fingerprint density at radius 1 is 1.08 bits per heavy atom. The molecule has 124 valence electrons. The van der Waals surface area contributed by atoms with E-state index in [9.17, 15) is 9.59 Å². The van der Waals surface area contributed by atoms with Gasteiger partial charge in [0.1, 0.15) is 11.6 Å². The molecule has 0 atom stereocenters. The fourth-order valence-electron chi connectivity index (χ4n) is 1.98. The highest BCUT2D eigenvalue weighted by atomic mass is 16.5. The van der Waals surface area contributed by atoms with Crippen LogP contribution in [0.3, 0.4) is 0 Å². The molecule has 0 saturated heterocycles. The molecular formula is C17H18N4O3. The number of nitrogen functional groups attached to an aromatic ring is 1. The lowest BCUT2D eigenvalue weighted by molar-refractivity contribution is -0.118. The molecular weight excluding hydrogens is 308 g/mol. The molecule has 0 unspecified atom stereocenters. The van der Waals surface area contributed by atoms with Crippen LogP contribution in [0.4, 0.5) is 11.4 Å². The van der Waals surface area contributed by atoms with Crippen molar-refractivity contribution in [3.63, 3.8) is 0 Å². The zero-order chi connectivity index (χ0) is 17.5. The third kappa shape index (κ3) is 5.13. The molecule has 5 N–H and O–H groups in total. The maximum Gasteiger partial charge on any atom is 0.262 e. The Kier molecular flexibility index (Phi) is 5.51. The fourth-order valence-corrected chi connectivity index (χ4v) is 1.98. The van der Waals surface area contributed by atoms with Gasteiger partial charge in [-0.1, -0.05) is 18.2 Å². The van der Waals surface area contributed by atoms with Crippen molar-refractivity contribution in [2.24, 2.45) is 5.73 Å². The van der Waals surface area contributed by atoms with Gasteiger partial charge in [-0.05, 0) is 24.3 Å². The SMILES string of the molecule is CC(=O)Nc1cccc(OCC(=O)Nc2cccc(C(=N)N)c2)c1. The normalized spacial score (nSPS) is 9.88. The maximum absolute atomic E-state index is 11.9. The number of anilines is 2. The van der Waals surface area contributed by atoms with Gasteiger partial charge in [0, 0.05) is 29.9 Å². The topological polar surface area (TPSA) is 117 Å². The van der Waals surface area contributed by atoms with Crippen LogP contribution >= 0.6 is 0 Å². The molecule has 0 aliphatic carbocycles. The van der Waals surface area contributed by atoms with Crippen molar-refractivity contribution in [2.45, 2.75) is 6.92 Å². The van der Waals surface area contributed by atoms with Crippen LogP contribution in [0, 0.1) is 5.41 Å². The summed E-state index contributed by atoms with van der Waals surface area (Å²) in [6.07, 6.45) is 0. The molecule has 0 saturated carbocycles. The number of nitrogens with one attached hydrogen (secondary N) is 3. The molecule has 7 nitrogen and oxygen atoms in total. The van der Waals surface area contributed by atoms with Crippen LogP contribution < -0.4 is 21.1 Å². The highest BCUT2D eigenvalue weighted by Gasteiger charge is 2.06. The van der Waals surface area contributed by atoms with Crippen LogP contribution in [0.25, 0.3) is 0 Å². The lowest BCUT2D eigenvalue weighted by Gasteiger charge is -2.09. The summed E-state index contributed by atoms with van der Waals surface area (Å²) in [5.74, 6) is -0.137. The molecule has 24 heavy (non-hydrogen) atoms. The Bertz CT molecular complexity index is 774. The number of carbonyl (C=O) groups excluding carboxylic acids is 2. The van der Waals surface area contributed by atoms with Gasteiger partial charge in [-0.2, -0.15) is 0 Å². The van der Waals surface area contributed by atoms with E-state index in [0.717, 1.165) is 0 Å². The smallest absolute Gasteiger partial charge is 0.262 e. The second-order valence-electron chi connectivity index (χ2n) is 5.04. The zero-order valence-corrected chi connectivity index (χ0v) is 13.1. The molecule has 2 amide bonds. The predicted octanol–water partition coefficient (Wildman–Crippen LogP) is 1.95. The van der Waals surface area contributed by atoms with Crippen molar-refractivity contribution < 1.29 is 14.3 Å². The van der Waals surface area contributed by atoms with Gasteiger partial charge in [0.25, 0.3) is 5.91 Å². The average Bonchev–Trinajstić information content (AvgIpc) is 2.53. The molecule has 0 fully saturated rings. The lowest BCUT2D eigenvalue weighted by Crippen LogP contribution is -2.20. The molecule has 7 heteroatoms. The summed E-state index contributed by atoms with van der Waals surface area (Å²) in [7, 11) is 0. The van der Waals surface area contributed by atoms with E-state index in [-0.39, 0.29) is 24.3 Å². The van der Waals surface area contributed by atoms with Gasteiger partial charge in [-0.3, -0.25) is 15.0 Å². The Morgan fingerprint density at radius 2 is 1.75 bits per heavy atom. The van der Waals surface area contributed by atoms with Gasteiger partial charge in [0.15, 0.2) is 6.61 Å². The van der Waals surface area contributed by atoms with E-state index in [1.165, 1.54) is 6.92 Å². The van der Waals surface area contributed by atoms with Crippen LogP contribution in [0.1, 0.15) is 12.5 Å². The molecule has 0 bridgehead atoms. The molecule has 0 aromatic heterocycles. The number of rotatable bonds is 6. The number of amides is 2. The van der Waals surface area contributed by atoms with Gasteiger partial charge in [0.2, 0.25) is 5.91 Å². The maximum atomic E-state index is 11.9. The Morgan fingerprint density at radius 3 is 2.42 bits per heavy atom. The van der Waals surface area contributed by atoms with E-state index in [1.807, 2.05) is 0 Å². The number of amidine groups is 1. The highest BCUT2D eigenvalue weighted by Crippen LogP contribution is 2.17. The number of hydrogen-bond donors (Lipinski definition) is 4. The van der Waals surface area contributed by atoms with E-state index < -0.39 is 0 Å². The number of carbonyl (C=O) groups is 2. The predicted molar refractivity (Wildman–Crippen MR) is 92.3 cm³/mol. The fraction of sp³-hybridized carbons (Fsp3) is 0.118. The van der Waals surface area contributed by atoms with Crippen LogP contribution in [-0.2, 0) is 9.59 Å². The van der Waals surface area contributed by atoms with Crippen molar-refractivity contribution in [1.29, 1.82) is 5.41 Å². The quantitative estimate of drug-likeness (QED) is 0.479. The van der Waals surface area contributed by atoms with Crippen LogP contribution in [0.15, 0.2) is 48.5 Å². The summed E-state index contributed by atoms with van der Waals surface area (Å²) in [5.41, 5.74) is 7.06. The Balaban J connectivity index is 1.92. The summed E-state index contributed by atoms with van der Waals surface area (Å²) in [5, 5.41) is 12.7. The monoisotopic (exact) mass is 326 g/mol. The minimum Gasteiger partial charge on any atom is -0.484 e. The molecule has 2 rings (SSSR count). The second kappa shape index (κ2) is 7.77. The van der Waals surface area contributed by atoms with Gasteiger partial charge in [0.05, 0.1) is 0 Å². The third-order valence-corrected chi connectivity index (χ3v) is 2.98. The minimum absolute atomic E-state index is 0.0721. The van der Waals surface area contributed by atoms with E-state index in [0.29, 0.717) is 22.7 Å². The van der Waals surface area contributed by atoms with Crippen molar-refractivity contribution >= 4 is 29.0 Å². The lowest BCUT2D eigenvalue weighted by atomic mass is 10.2. The second-order valence-corrected chi connectivity index (χ2v) is 5.04. The number of ether oxygens (including phenoxy) is 1. The van der Waals surface area contributed by atoms with Crippen molar-refractivity contribution in [1.82, 2.24) is 0 Å². The Labute approximate surface area is 139 Å². The Hall–Kier alpha value is -3.35. The third-order valence-electron chi connectivity index (χ3n) is 2.98. The summed E-state index contributed by atoms with van der Waals surface area (Å²) in [4.78, 5) is 23.0. The first kappa shape index (κ1) is 17.0. The molecule has 0 heterocycles.